The Kier molecular flexibility index (Phi) is 3.46. The van der Waals surface area contributed by atoms with Crippen LogP contribution in [0.4, 0.5) is 0 Å². The minimum Gasteiger partial charge on any atom is -0.481 e. The molecule has 0 aromatic rings. The van der Waals surface area contributed by atoms with Gasteiger partial charge in [-0.2, -0.15) is 0 Å². The smallest absolute Gasteiger partial charge is 0.307 e. The minimum atomic E-state index is -0.843. The second-order valence-corrected chi connectivity index (χ2v) is 5.88. The molecule has 4 heteroatoms. The zero-order valence-electron chi connectivity index (χ0n) is 11.1. The van der Waals surface area contributed by atoms with Crippen LogP contribution in [-0.2, 0) is 9.59 Å². The van der Waals surface area contributed by atoms with Crippen LogP contribution in [0.5, 0.6) is 0 Å². The Morgan fingerprint density at radius 1 is 1.17 bits per heavy atom. The summed E-state index contributed by atoms with van der Waals surface area (Å²) in [6.45, 7) is 6.04. The zero-order valence-corrected chi connectivity index (χ0v) is 11.1. The van der Waals surface area contributed by atoms with Crippen LogP contribution in [0.2, 0.25) is 0 Å². The molecule has 2 bridgehead atoms. The summed E-state index contributed by atoms with van der Waals surface area (Å²) in [6, 6.07) is 0.0788. The van der Waals surface area contributed by atoms with Gasteiger partial charge in [-0.3, -0.25) is 9.59 Å². The molecular formula is C14H21NO3. The van der Waals surface area contributed by atoms with Crippen molar-refractivity contribution in [2.75, 3.05) is 0 Å². The van der Waals surface area contributed by atoms with Gasteiger partial charge in [0.2, 0.25) is 5.91 Å². The average Bonchev–Trinajstić information content (AvgIpc) is 2.87. The van der Waals surface area contributed by atoms with E-state index in [1.165, 1.54) is 0 Å². The van der Waals surface area contributed by atoms with E-state index in [2.05, 4.69) is 5.32 Å². The molecule has 0 saturated heterocycles. The minimum absolute atomic E-state index is 0.0395. The summed E-state index contributed by atoms with van der Waals surface area (Å²) in [6.07, 6.45) is 4.78. The fourth-order valence-electron chi connectivity index (χ4n) is 3.00. The summed E-state index contributed by atoms with van der Waals surface area (Å²) >= 11 is 0. The average molecular weight is 251 g/mol. The van der Waals surface area contributed by atoms with Gasteiger partial charge in [-0.25, -0.2) is 0 Å². The van der Waals surface area contributed by atoms with Crippen molar-refractivity contribution in [2.24, 2.45) is 29.6 Å². The number of hydrogen-bond donors (Lipinski definition) is 2. The Labute approximate surface area is 107 Å². The number of nitrogens with one attached hydrogen (secondary N) is 1. The quantitative estimate of drug-likeness (QED) is 0.747. The molecular weight excluding hydrogens is 230 g/mol. The molecule has 1 saturated carbocycles. The molecule has 5 atom stereocenters. The summed E-state index contributed by atoms with van der Waals surface area (Å²) < 4.78 is 0. The SMILES string of the molecule is CC(C)C(C)NC(=O)[C@H]1C2C=CC(C2)[C@H]1C(=O)O. The summed E-state index contributed by atoms with van der Waals surface area (Å²) in [5, 5.41) is 12.2. The van der Waals surface area contributed by atoms with E-state index in [1.54, 1.807) is 0 Å². The first-order valence-corrected chi connectivity index (χ1v) is 6.63. The molecule has 100 valence electrons. The number of hydrogen-bond acceptors (Lipinski definition) is 2. The lowest BCUT2D eigenvalue weighted by atomic mass is 9.82. The summed E-state index contributed by atoms with van der Waals surface area (Å²) in [7, 11) is 0. The predicted molar refractivity (Wildman–Crippen MR) is 67.8 cm³/mol. The topological polar surface area (TPSA) is 66.4 Å². The first-order valence-electron chi connectivity index (χ1n) is 6.63. The van der Waals surface area contributed by atoms with E-state index in [1.807, 2.05) is 32.9 Å². The second-order valence-electron chi connectivity index (χ2n) is 5.88. The van der Waals surface area contributed by atoms with Gasteiger partial charge in [-0.05, 0) is 31.1 Å². The standard InChI is InChI=1S/C14H21NO3/c1-7(2)8(3)15-13(16)11-9-4-5-10(6-9)12(11)14(17)18/h4-5,7-12H,6H2,1-3H3,(H,15,16)(H,17,18)/t8?,9?,10?,11-,12+/m0/s1. The molecule has 0 radical (unpaired) electrons. The molecule has 0 aromatic heterocycles. The zero-order chi connectivity index (χ0) is 13.4. The lowest BCUT2D eigenvalue weighted by molar-refractivity contribution is -0.148. The molecule has 2 aliphatic carbocycles. The van der Waals surface area contributed by atoms with Gasteiger partial charge in [0.15, 0.2) is 0 Å². The van der Waals surface area contributed by atoms with E-state index < -0.39 is 17.8 Å². The highest BCUT2D eigenvalue weighted by Crippen LogP contribution is 2.48. The molecule has 2 aliphatic rings. The molecule has 18 heavy (non-hydrogen) atoms. The monoisotopic (exact) mass is 251 g/mol. The van der Waals surface area contributed by atoms with Gasteiger partial charge < -0.3 is 10.4 Å². The molecule has 1 fully saturated rings. The number of rotatable bonds is 4. The van der Waals surface area contributed by atoms with E-state index in [-0.39, 0.29) is 23.8 Å². The van der Waals surface area contributed by atoms with Gasteiger partial charge in [-0.1, -0.05) is 26.0 Å². The van der Waals surface area contributed by atoms with Crippen molar-refractivity contribution < 1.29 is 14.7 Å². The maximum absolute atomic E-state index is 12.3. The molecule has 0 aliphatic heterocycles. The van der Waals surface area contributed by atoms with Crippen molar-refractivity contribution in [3.8, 4) is 0 Å². The van der Waals surface area contributed by atoms with Crippen LogP contribution in [0.3, 0.4) is 0 Å². The molecule has 2 rings (SSSR count). The predicted octanol–water partition coefficient (Wildman–Crippen LogP) is 1.67. The van der Waals surface area contributed by atoms with Crippen molar-refractivity contribution in [3.05, 3.63) is 12.2 Å². The number of carboxylic acid groups (broad SMARTS) is 1. The van der Waals surface area contributed by atoms with Crippen molar-refractivity contribution in [1.82, 2.24) is 5.32 Å². The van der Waals surface area contributed by atoms with Crippen molar-refractivity contribution in [1.29, 1.82) is 0 Å². The van der Waals surface area contributed by atoms with Crippen molar-refractivity contribution in [3.63, 3.8) is 0 Å². The fourth-order valence-corrected chi connectivity index (χ4v) is 3.00. The van der Waals surface area contributed by atoms with Crippen molar-refractivity contribution in [2.45, 2.75) is 33.2 Å². The summed E-state index contributed by atoms with van der Waals surface area (Å²) in [5.74, 6) is -1.37. The normalized spacial score (nSPS) is 34.9. The number of amides is 1. The van der Waals surface area contributed by atoms with Crippen LogP contribution in [0.15, 0.2) is 12.2 Å². The lowest BCUT2D eigenvalue weighted by Crippen LogP contribution is -2.45. The van der Waals surface area contributed by atoms with Gasteiger partial charge >= 0.3 is 5.97 Å². The van der Waals surface area contributed by atoms with Gasteiger partial charge in [0.25, 0.3) is 0 Å². The Hall–Kier alpha value is -1.32. The highest BCUT2D eigenvalue weighted by Gasteiger charge is 2.51. The fraction of sp³-hybridized carbons (Fsp3) is 0.714. The highest BCUT2D eigenvalue weighted by molar-refractivity contribution is 5.87. The first-order chi connectivity index (χ1) is 8.41. The Morgan fingerprint density at radius 3 is 2.22 bits per heavy atom. The van der Waals surface area contributed by atoms with Gasteiger partial charge in [-0.15, -0.1) is 0 Å². The van der Waals surface area contributed by atoms with Gasteiger partial charge in [0.1, 0.15) is 0 Å². The van der Waals surface area contributed by atoms with Crippen LogP contribution in [-0.4, -0.2) is 23.0 Å². The largest absolute Gasteiger partial charge is 0.481 e. The van der Waals surface area contributed by atoms with Crippen LogP contribution < -0.4 is 5.32 Å². The Balaban J connectivity index is 2.10. The van der Waals surface area contributed by atoms with E-state index in [0.717, 1.165) is 6.42 Å². The molecule has 0 aromatic carbocycles. The number of carboxylic acids is 1. The molecule has 2 N–H and O–H groups in total. The van der Waals surface area contributed by atoms with Crippen LogP contribution in [0.1, 0.15) is 27.2 Å². The maximum Gasteiger partial charge on any atom is 0.307 e. The molecule has 3 unspecified atom stereocenters. The number of carbonyl (C=O) groups is 2. The van der Waals surface area contributed by atoms with Crippen LogP contribution in [0, 0.1) is 29.6 Å². The first kappa shape index (κ1) is 13.1. The second kappa shape index (κ2) is 4.75. The molecule has 1 amide bonds. The number of fused-ring (bicyclic) bond motifs is 2. The highest BCUT2D eigenvalue weighted by atomic mass is 16.4. The van der Waals surface area contributed by atoms with Gasteiger partial charge in [0, 0.05) is 6.04 Å². The third-order valence-corrected chi connectivity index (χ3v) is 4.42. The third-order valence-electron chi connectivity index (χ3n) is 4.42. The van der Waals surface area contributed by atoms with E-state index >= 15 is 0 Å². The summed E-state index contributed by atoms with van der Waals surface area (Å²) in [5.41, 5.74) is 0. The third kappa shape index (κ3) is 2.16. The molecule has 0 heterocycles. The molecule has 4 nitrogen and oxygen atoms in total. The molecule has 0 spiro atoms. The van der Waals surface area contributed by atoms with Crippen LogP contribution >= 0.6 is 0 Å². The number of allylic oxidation sites excluding steroid dienone is 2. The number of carbonyl (C=O) groups excluding carboxylic acids is 1. The van der Waals surface area contributed by atoms with Crippen molar-refractivity contribution >= 4 is 11.9 Å². The lowest BCUT2D eigenvalue weighted by Gasteiger charge is -2.26. The van der Waals surface area contributed by atoms with Gasteiger partial charge in [0.05, 0.1) is 11.8 Å². The number of aliphatic carboxylic acids is 1. The van der Waals surface area contributed by atoms with E-state index in [9.17, 15) is 14.7 Å². The maximum atomic E-state index is 12.3. The van der Waals surface area contributed by atoms with E-state index in [0.29, 0.717) is 5.92 Å². The van der Waals surface area contributed by atoms with Crippen LogP contribution in [0.25, 0.3) is 0 Å². The summed E-state index contributed by atoms with van der Waals surface area (Å²) in [4.78, 5) is 23.6. The Morgan fingerprint density at radius 2 is 1.72 bits per heavy atom. The van der Waals surface area contributed by atoms with E-state index in [4.69, 9.17) is 0 Å². The Bertz CT molecular complexity index is 389.